The third-order valence-corrected chi connectivity index (χ3v) is 1.51. The first-order chi connectivity index (χ1) is 5.36. The molecule has 3 heteroatoms. The minimum Gasteiger partial charge on any atom is -0.493 e. The lowest BCUT2D eigenvalue weighted by Crippen LogP contribution is -1.77. The molecule has 2 rings (SSSR count). The molecule has 0 saturated carbocycles. The lowest BCUT2D eigenvalue weighted by molar-refractivity contribution is 0.454. The lowest BCUT2D eigenvalue weighted by Gasteiger charge is -1.94. The van der Waals surface area contributed by atoms with Crippen LogP contribution in [0.3, 0.4) is 0 Å². The van der Waals surface area contributed by atoms with Crippen molar-refractivity contribution in [2.45, 2.75) is 0 Å². The molecule has 0 atom stereocenters. The summed E-state index contributed by atoms with van der Waals surface area (Å²) in [6.07, 6.45) is 5.00. The molecule has 0 fully saturated rings. The Morgan fingerprint density at radius 2 is 2.09 bits per heavy atom. The summed E-state index contributed by atoms with van der Waals surface area (Å²) < 4.78 is 0. The highest BCUT2D eigenvalue weighted by Crippen LogP contribution is 2.14. The Balaban J connectivity index is 2.83. The smallest absolute Gasteiger partial charge is 0.211 e. The van der Waals surface area contributed by atoms with E-state index in [1.807, 2.05) is 6.07 Å². The van der Waals surface area contributed by atoms with Crippen molar-refractivity contribution in [2.24, 2.45) is 0 Å². The Kier molecular flexibility index (Phi) is 1.22. The zero-order valence-electron chi connectivity index (χ0n) is 5.73. The van der Waals surface area contributed by atoms with Gasteiger partial charge in [0, 0.05) is 35.4 Å². The van der Waals surface area contributed by atoms with E-state index in [-0.39, 0.29) is 5.88 Å². The predicted molar refractivity (Wildman–Crippen MR) is 41.2 cm³/mol. The van der Waals surface area contributed by atoms with Crippen LogP contribution in [-0.4, -0.2) is 15.1 Å². The summed E-state index contributed by atoms with van der Waals surface area (Å²) in [5.74, 6) is 0.0329. The van der Waals surface area contributed by atoms with Crippen molar-refractivity contribution < 1.29 is 5.11 Å². The average molecular weight is 146 g/mol. The first-order valence-corrected chi connectivity index (χ1v) is 3.25. The molecule has 3 nitrogen and oxygen atoms in total. The maximum absolute atomic E-state index is 8.99. The van der Waals surface area contributed by atoms with Crippen LogP contribution >= 0.6 is 0 Å². The van der Waals surface area contributed by atoms with E-state index in [1.165, 1.54) is 0 Å². The Morgan fingerprint density at radius 3 is 3.00 bits per heavy atom. The molecule has 0 aliphatic heterocycles. The fourth-order valence-electron chi connectivity index (χ4n) is 0.968. The Bertz CT molecular complexity index is 387. The molecule has 0 aliphatic rings. The van der Waals surface area contributed by atoms with Gasteiger partial charge in [-0.05, 0) is 6.07 Å². The van der Waals surface area contributed by atoms with Gasteiger partial charge in [-0.3, -0.25) is 4.98 Å². The van der Waals surface area contributed by atoms with Crippen molar-refractivity contribution in [1.29, 1.82) is 0 Å². The van der Waals surface area contributed by atoms with Gasteiger partial charge in [-0.25, -0.2) is 4.98 Å². The Labute approximate surface area is 63.3 Å². The van der Waals surface area contributed by atoms with E-state index >= 15 is 0 Å². The molecule has 0 bridgehead atoms. The number of rotatable bonds is 0. The summed E-state index contributed by atoms with van der Waals surface area (Å²) in [6, 6.07) is 3.43. The fraction of sp³-hybridized carbons (Fsp3) is 0. The molecule has 0 aromatic carbocycles. The van der Waals surface area contributed by atoms with Crippen molar-refractivity contribution in [2.75, 3.05) is 0 Å². The molecule has 0 radical (unpaired) electrons. The van der Waals surface area contributed by atoms with E-state index in [9.17, 15) is 0 Å². The van der Waals surface area contributed by atoms with Crippen LogP contribution < -0.4 is 0 Å². The summed E-state index contributed by atoms with van der Waals surface area (Å²) in [7, 11) is 0. The monoisotopic (exact) mass is 146 g/mol. The second-order valence-electron chi connectivity index (χ2n) is 2.27. The van der Waals surface area contributed by atoms with Crippen LogP contribution in [0.2, 0.25) is 0 Å². The van der Waals surface area contributed by atoms with Gasteiger partial charge in [-0.1, -0.05) is 0 Å². The van der Waals surface area contributed by atoms with Crippen LogP contribution in [0, 0.1) is 0 Å². The second kappa shape index (κ2) is 2.20. The van der Waals surface area contributed by atoms with E-state index in [0.29, 0.717) is 0 Å². The number of hydrogen-bond acceptors (Lipinski definition) is 3. The van der Waals surface area contributed by atoms with Gasteiger partial charge < -0.3 is 5.11 Å². The van der Waals surface area contributed by atoms with Crippen LogP contribution in [0.15, 0.2) is 30.7 Å². The maximum atomic E-state index is 8.99. The maximum Gasteiger partial charge on any atom is 0.211 e. The molecule has 54 valence electrons. The molecule has 0 unspecified atom stereocenters. The van der Waals surface area contributed by atoms with Gasteiger partial charge in [-0.2, -0.15) is 0 Å². The van der Waals surface area contributed by atoms with Crippen LogP contribution in [0.1, 0.15) is 0 Å². The largest absolute Gasteiger partial charge is 0.493 e. The Hall–Kier alpha value is -1.64. The van der Waals surface area contributed by atoms with E-state index in [1.54, 1.807) is 24.7 Å². The summed E-state index contributed by atoms with van der Waals surface area (Å²) in [6.45, 7) is 0. The number of aromatic hydroxyl groups is 1. The molecule has 2 heterocycles. The van der Waals surface area contributed by atoms with Gasteiger partial charge in [0.15, 0.2) is 0 Å². The molecule has 2 aromatic rings. The van der Waals surface area contributed by atoms with Gasteiger partial charge in [-0.15, -0.1) is 0 Å². The van der Waals surface area contributed by atoms with Crippen LogP contribution in [0.4, 0.5) is 0 Å². The molecule has 0 spiro atoms. The number of aromatic nitrogens is 2. The summed E-state index contributed by atoms with van der Waals surface area (Å²) in [5.41, 5.74) is 0. The third-order valence-electron chi connectivity index (χ3n) is 1.51. The number of pyridine rings is 2. The fourth-order valence-corrected chi connectivity index (χ4v) is 0.968. The molecular weight excluding hydrogens is 140 g/mol. The Morgan fingerprint density at radius 1 is 1.18 bits per heavy atom. The molecule has 1 N–H and O–H groups in total. The first kappa shape index (κ1) is 6.09. The summed E-state index contributed by atoms with van der Waals surface area (Å²) in [4.78, 5) is 7.65. The predicted octanol–water partition coefficient (Wildman–Crippen LogP) is 1.34. The second-order valence-corrected chi connectivity index (χ2v) is 2.27. The third kappa shape index (κ3) is 1.00. The molecule has 11 heavy (non-hydrogen) atoms. The SMILES string of the molecule is Oc1cc2cnccc2cn1. The van der Waals surface area contributed by atoms with Crippen molar-refractivity contribution >= 4 is 10.8 Å². The molecular formula is C8H6N2O. The minimum atomic E-state index is 0.0329. The lowest BCUT2D eigenvalue weighted by atomic mass is 10.2. The van der Waals surface area contributed by atoms with E-state index < -0.39 is 0 Å². The number of fused-ring (bicyclic) bond motifs is 1. The molecule has 0 aliphatic carbocycles. The van der Waals surface area contributed by atoms with Gasteiger partial charge in [0.25, 0.3) is 0 Å². The highest BCUT2D eigenvalue weighted by molar-refractivity contribution is 5.81. The highest BCUT2D eigenvalue weighted by atomic mass is 16.3. The van der Waals surface area contributed by atoms with Crippen LogP contribution in [0.5, 0.6) is 5.88 Å². The van der Waals surface area contributed by atoms with E-state index in [4.69, 9.17) is 5.11 Å². The topological polar surface area (TPSA) is 46.0 Å². The highest BCUT2D eigenvalue weighted by Gasteiger charge is 1.93. The molecule has 0 saturated heterocycles. The zero-order valence-corrected chi connectivity index (χ0v) is 5.73. The van der Waals surface area contributed by atoms with Crippen molar-refractivity contribution in [1.82, 2.24) is 9.97 Å². The van der Waals surface area contributed by atoms with Gasteiger partial charge in [0.05, 0.1) is 0 Å². The number of hydrogen-bond donors (Lipinski definition) is 1. The van der Waals surface area contributed by atoms with Gasteiger partial charge in [0.2, 0.25) is 5.88 Å². The minimum absolute atomic E-state index is 0.0329. The van der Waals surface area contributed by atoms with Gasteiger partial charge >= 0.3 is 0 Å². The summed E-state index contributed by atoms with van der Waals surface area (Å²) in [5, 5.41) is 10.9. The van der Waals surface area contributed by atoms with Crippen molar-refractivity contribution in [3.8, 4) is 5.88 Å². The molecule has 0 amide bonds. The number of nitrogens with zero attached hydrogens (tertiary/aromatic N) is 2. The molecule has 2 aromatic heterocycles. The van der Waals surface area contributed by atoms with E-state index in [0.717, 1.165) is 10.8 Å². The quantitative estimate of drug-likeness (QED) is 0.610. The summed E-state index contributed by atoms with van der Waals surface area (Å²) >= 11 is 0. The zero-order chi connectivity index (χ0) is 7.68. The van der Waals surface area contributed by atoms with Crippen molar-refractivity contribution in [3.05, 3.63) is 30.7 Å². The van der Waals surface area contributed by atoms with E-state index in [2.05, 4.69) is 9.97 Å². The first-order valence-electron chi connectivity index (χ1n) is 3.25. The average Bonchev–Trinajstić information content (AvgIpc) is 2.04. The van der Waals surface area contributed by atoms with Crippen LogP contribution in [-0.2, 0) is 0 Å². The van der Waals surface area contributed by atoms with Crippen LogP contribution in [0.25, 0.3) is 10.8 Å². The van der Waals surface area contributed by atoms with Gasteiger partial charge in [0.1, 0.15) is 0 Å². The normalized spacial score (nSPS) is 10.2. The van der Waals surface area contributed by atoms with Crippen molar-refractivity contribution in [3.63, 3.8) is 0 Å². The standard InChI is InChI=1S/C8H6N2O/c11-8-3-7-4-9-2-1-6(7)5-10-8/h1-5H,(H,10,11).